The molecule has 4 rings (SSSR count). The Balaban J connectivity index is 1.52. The maximum absolute atomic E-state index is 13.0. The molecule has 0 saturated carbocycles. The summed E-state index contributed by atoms with van der Waals surface area (Å²) in [5.74, 6) is -0.233. The molecule has 2 aliphatic heterocycles. The number of nitrogens with one attached hydrogen (secondary N) is 1. The second kappa shape index (κ2) is 6.41. The van der Waals surface area contributed by atoms with Crippen LogP contribution in [0.3, 0.4) is 0 Å². The minimum Gasteiger partial charge on any atom is -0.319 e. The first kappa shape index (κ1) is 17.1. The number of imide groups is 1. The van der Waals surface area contributed by atoms with Crippen molar-refractivity contribution >= 4 is 23.5 Å². The molecule has 1 fully saturated rings. The van der Waals surface area contributed by atoms with Gasteiger partial charge in [-0.1, -0.05) is 48.0 Å². The highest BCUT2D eigenvalue weighted by Crippen LogP contribution is 2.30. The van der Waals surface area contributed by atoms with Crippen molar-refractivity contribution in [1.29, 1.82) is 0 Å². The fourth-order valence-electron chi connectivity index (χ4n) is 3.68. The zero-order valence-electron chi connectivity index (χ0n) is 14.5. The number of hydrogen-bond donors (Lipinski definition) is 1. The van der Waals surface area contributed by atoms with Crippen LogP contribution in [0, 0.1) is 0 Å². The summed E-state index contributed by atoms with van der Waals surface area (Å²) in [7, 11) is 0. The Kier molecular flexibility index (Phi) is 4.21. The fraction of sp³-hybridized carbons (Fsp3) is 0.300. The highest BCUT2D eigenvalue weighted by molar-refractivity contribution is 6.30. The van der Waals surface area contributed by atoms with Gasteiger partial charge in [-0.2, -0.15) is 0 Å². The van der Waals surface area contributed by atoms with Gasteiger partial charge in [0, 0.05) is 18.1 Å². The van der Waals surface area contributed by atoms with Crippen molar-refractivity contribution in [2.75, 3.05) is 13.2 Å². The first-order valence-corrected chi connectivity index (χ1v) is 9.04. The van der Waals surface area contributed by atoms with Crippen LogP contribution in [0.4, 0.5) is 4.79 Å². The number of nitrogens with zero attached hydrogens (tertiary/aromatic N) is 2. The van der Waals surface area contributed by atoms with E-state index in [1.807, 2.05) is 12.1 Å². The zero-order valence-corrected chi connectivity index (χ0v) is 15.3. The molecule has 0 radical (unpaired) electrons. The minimum atomic E-state index is -1.06. The van der Waals surface area contributed by atoms with Crippen molar-refractivity contribution in [2.45, 2.75) is 25.4 Å². The van der Waals surface area contributed by atoms with Crippen molar-refractivity contribution in [3.63, 3.8) is 0 Å². The summed E-state index contributed by atoms with van der Waals surface area (Å²) in [5, 5.41) is 3.44. The summed E-state index contributed by atoms with van der Waals surface area (Å²) in [6, 6.07) is 15.0. The van der Waals surface area contributed by atoms with Crippen LogP contribution in [-0.2, 0) is 23.3 Å². The van der Waals surface area contributed by atoms with Gasteiger partial charge in [-0.3, -0.25) is 9.69 Å². The number of hydrogen-bond acceptors (Lipinski definition) is 3. The van der Waals surface area contributed by atoms with Gasteiger partial charge >= 0.3 is 6.03 Å². The SMILES string of the molecule is C[C@@]1(c2ccc(Cl)cc2)NC(=O)N(CN2CCc3ccccc3C2)C1=O. The van der Waals surface area contributed by atoms with Crippen molar-refractivity contribution < 1.29 is 9.59 Å². The summed E-state index contributed by atoms with van der Waals surface area (Å²) >= 11 is 5.94. The fourth-order valence-corrected chi connectivity index (χ4v) is 3.81. The lowest BCUT2D eigenvalue weighted by Gasteiger charge is -2.31. The molecule has 1 atom stereocenters. The van der Waals surface area contributed by atoms with Crippen LogP contribution >= 0.6 is 11.6 Å². The van der Waals surface area contributed by atoms with E-state index in [9.17, 15) is 9.59 Å². The predicted octanol–water partition coefficient (Wildman–Crippen LogP) is 3.12. The third-order valence-electron chi connectivity index (χ3n) is 5.25. The van der Waals surface area contributed by atoms with Gasteiger partial charge in [0.25, 0.3) is 5.91 Å². The summed E-state index contributed by atoms with van der Waals surface area (Å²) < 4.78 is 0. The molecule has 3 amide bonds. The highest BCUT2D eigenvalue weighted by atomic mass is 35.5. The molecule has 1 N–H and O–H groups in total. The van der Waals surface area contributed by atoms with Crippen molar-refractivity contribution in [3.05, 3.63) is 70.2 Å². The smallest absolute Gasteiger partial charge is 0.319 e. The molecule has 134 valence electrons. The number of amides is 3. The van der Waals surface area contributed by atoms with Gasteiger partial charge in [0.05, 0.1) is 6.67 Å². The highest BCUT2D eigenvalue weighted by Gasteiger charge is 2.49. The average Bonchev–Trinajstić information content (AvgIpc) is 2.86. The van der Waals surface area contributed by atoms with Gasteiger partial charge in [-0.15, -0.1) is 0 Å². The summed E-state index contributed by atoms with van der Waals surface area (Å²) in [4.78, 5) is 29.0. The number of fused-ring (bicyclic) bond motifs is 1. The molecule has 1 saturated heterocycles. The normalized spacial score (nSPS) is 23.1. The lowest BCUT2D eigenvalue weighted by Crippen LogP contribution is -2.45. The van der Waals surface area contributed by atoms with E-state index in [4.69, 9.17) is 11.6 Å². The molecule has 0 aliphatic carbocycles. The van der Waals surface area contributed by atoms with E-state index in [0.29, 0.717) is 11.7 Å². The van der Waals surface area contributed by atoms with Crippen molar-refractivity contribution in [1.82, 2.24) is 15.1 Å². The van der Waals surface area contributed by atoms with Crippen LogP contribution in [0.5, 0.6) is 0 Å². The third kappa shape index (κ3) is 2.87. The topological polar surface area (TPSA) is 52.7 Å². The summed E-state index contributed by atoms with van der Waals surface area (Å²) in [5.41, 5.74) is 2.26. The van der Waals surface area contributed by atoms with E-state index >= 15 is 0 Å². The first-order valence-electron chi connectivity index (χ1n) is 8.67. The van der Waals surface area contributed by atoms with E-state index in [2.05, 4.69) is 22.3 Å². The monoisotopic (exact) mass is 369 g/mol. The van der Waals surface area contributed by atoms with Gasteiger partial charge in [-0.25, -0.2) is 9.69 Å². The number of carbonyl (C=O) groups excluding carboxylic acids is 2. The Morgan fingerprint density at radius 3 is 2.50 bits per heavy atom. The average molecular weight is 370 g/mol. The molecular weight excluding hydrogens is 350 g/mol. The number of rotatable bonds is 3. The van der Waals surface area contributed by atoms with Gasteiger partial charge in [0.2, 0.25) is 0 Å². The van der Waals surface area contributed by atoms with E-state index in [-0.39, 0.29) is 11.9 Å². The molecule has 2 heterocycles. The summed E-state index contributed by atoms with van der Waals surface area (Å²) in [6.45, 7) is 3.60. The molecule has 2 aromatic carbocycles. The molecule has 0 unspecified atom stereocenters. The second-order valence-electron chi connectivity index (χ2n) is 7.01. The third-order valence-corrected chi connectivity index (χ3v) is 5.50. The summed E-state index contributed by atoms with van der Waals surface area (Å²) in [6.07, 6.45) is 0.925. The molecule has 6 heteroatoms. The molecule has 5 nitrogen and oxygen atoms in total. The largest absolute Gasteiger partial charge is 0.326 e. The Morgan fingerprint density at radius 2 is 1.77 bits per heavy atom. The predicted molar refractivity (Wildman–Crippen MR) is 99.6 cm³/mol. The number of carbonyl (C=O) groups is 2. The molecule has 2 aromatic rings. The maximum atomic E-state index is 13.0. The van der Waals surface area contributed by atoms with Crippen LogP contribution in [0.2, 0.25) is 5.02 Å². The Morgan fingerprint density at radius 1 is 1.08 bits per heavy atom. The van der Waals surface area contributed by atoms with Crippen LogP contribution in [0.1, 0.15) is 23.6 Å². The Hall–Kier alpha value is -2.37. The molecule has 0 bridgehead atoms. The van der Waals surface area contributed by atoms with Crippen LogP contribution < -0.4 is 5.32 Å². The van der Waals surface area contributed by atoms with Crippen molar-refractivity contribution in [2.24, 2.45) is 0 Å². The number of halogens is 1. The molecule has 0 spiro atoms. The number of urea groups is 1. The lowest BCUT2D eigenvalue weighted by molar-refractivity contribution is -0.132. The quantitative estimate of drug-likeness (QED) is 0.846. The van der Waals surface area contributed by atoms with Gasteiger partial charge in [-0.05, 0) is 42.2 Å². The van der Waals surface area contributed by atoms with E-state index in [1.165, 1.54) is 16.0 Å². The minimum absolute atomic E-state index is 0.233. The second-order valence-corrected chi connectivity index (χ2v) is 7.44. The standard InChI is InChI=1S/C20H20ClN3O2/c1-20(16-6-8-17(21)9-7-16)18(25)24(19(26)22-20)13-23-11-10-14-4-2-3-5-15(14)12-23/h2-9H,10-13H2,1H3,(H,22,26)/t20-/m0/s1. The van der Waals surface area contributed by atoms with Crippen LogP contribution in [-0.4, -0.2) is 35.0 Å². The zero-order chi connectivity index (χ0) is 18.3. The maximum Gasteiger partial charge on any atom is 0.326 e. The van der Waals surface area contributed by atoms with Gasteiger partial charge < -0.3 is 5.32 Å². The molecule has 2 aliphatic rings. The van der Waals surface area contributed by atoms with E-state index < -0.39 is 5.54 Å². The number of benzene rings is 2. The van der Waals surface area contributed by atoms with E-state index in [1.54, 1.807) is 31.2 Å². The lowest BCUT2D eigenvalue weighted by atomic mass is 9.92. The first-order chi connectivity index (χ1) is 12.5. The Labute approximate surface area is 157 Å². The molecule has 0 aromatic heterocycles. The van der Waals surface area contributed by atoms with Gasteiger partial charge in [0.15, 0.2) is 0 Å². The van der Waals surface area contributed by atoms with Crippen LogP contribution in [0.15, 0.2) is 48.5 Å². The molecule has 26 heavy (non-hydrogen) atoms. The van der Waals surface area contributed by atoms with Gasteiger partial charge in [0.1, 0.15) is 5.54 Å². The molecular formula is C20H20ClN3O2. The van der Waals surface area contributed by atoms with E-state index in [0.717, 1.165) is 25.1 Å². The van der Waals surface area contributed by atoms with Crippen LogP contribution in [0.25, 0.3) is 0 Å². The Bertz CT molecular complexity index is 868. The van der Waals surface area contributed by atoms with Crippen molar-refractivity contribution in [3.8, 4) is 0 Å².